The quantitative estimate of drug-likeness (QED) is 0.879. The third-order valence-corrected chi connectivity index (χ3v) is 3.64. The first kappa shape index (κ1) is 11.8. The molecule has 0 aliphatic heterocycles. The third kappa shape index (κ3) is 2.21. The van der Waals surface area contributed by atoms with E-state index in [4.69, 9.17) is 0 Å². The van der Waals surface area contributed by atoms with Gasteiger partial charge in [0.15, 0.2) is 0 Å². The summed E-state index contributed by atoms with van der Waals surface area (Å²) < 4.78 is 0. The molecular weight excluding hydrogens is 242 g/mol. The lowest BCUT2D eigenvalue weighted by atomic mass is 10.1. The Kier molecular flexibility index (Phi) is 2.58. The first-order valence-electron chi connectivity index (χ1n) is 6.24. The fraction of sp³-hybridized carbons (Fsp3) is 0.385. The highest BCUT2D eigenvalue weighted by molar-refractivity contribution is 5.97. The van der Waals surface area contributed by atoms with Crippen molar-refractivity contribution in [1.29, 1.82) is 0 Å². The molecule has 1 aromatic heterocycles. The number of aromatic nitrogens is 4. The number of H-pyrrole nitrogens is 1. The van der Waals surface area contributed by atoms with Crippen molar-refractivity contribution in [3.63, 3.8) is 0 Å². The lowest BCUT2D eigenvalue weighted by Gasteiger charge is -2.12. The first-order chi connectivity index (χ1) is 9.08. The molecule has 0 unspecified atom stereocenters. The van der Waals surface area contributed by atoms with Gasteiger partial charge in [-0.2, -0.15) is 5.21 Å². The molecule has 6 heteroatoms. The van der Waals surface area contributed by atoms with Crippen LogP contribution in [0.1, 0.15) is 25.3 Å². The molecule has 0 atom stereocenters. The van der Waals surface area contributed by atoms with Gasteiger partial charge >= 0.3 is 0 Å². The van der Waals surface area contributed by atoms with Crippen molar-refractivity contribution < 1.29 is 4.79 Å². The highest BCUT2D eigenvalue weighted by atomic mass is 16.2. The van der Waals surface area contributed by atoms with Crippen LogP contribution in [0.15, 0.2) is 18.2 Å². The molecule has 3 rings (SSSR count). The SMILES string of the molecule is Cc1ccc(-c2nn[nH]n2)cc1NC(=O)C1(C)CC1. The molecule has 98 valence electrons. The van der Waals surface area contributed by atoms with Crippen molar-refractivity contribution in [3.05, 3.63) is 23.8 Å². The summed E-state index contributed by atoms with van der Waals surface area (Å²) in [6, 6.07) is 5.73. The van der Waals surface area contributed by atoms with Gasteiger partial charge in [-0.15, -0.1) is 10.2 Å². The van der Waals surface area contributed by atoms with Crippen LogP contribution in [0.3, 0.4) is 0 Å². The summed E-state index contributed by atoms with van der Waals surface area (Å²) in [5, 5.41) is 16.8. The lowest BCUT2D eigenvalue weighted by molar-refractivity contribution is -0.120. The monoisotopic (exact) mass is 257 g/mol. The first-order valence-corrected chi connectivity index (χ1v) is 6.24. The molecule has 0 spiro atoms. The van der Waals surface area contributed by atoms with Gasteiger partial charge in [0.2, 0.25) is 11.7 Å². The molecule has 1 fully saturated rings. The number of nitrogens with zero attached hydrogens (tertiary/aromatic N) is 3. The van der Waals surface area contributed by atoms with E-state index in [1.807, 2.05) is 32.0 Å². The number of aromatic amines is 1. The summed E-state index contributed by atoms with van der Waals surface area (Å²) in [5.41, 5.74) is 2.47. The Bertz CT molecular complexity index is 616. The number of hydrogen-bond acceptors (Lipinski definition) is 4. The van der Waals surface area contributed by atoms with Crippen LogP contribution >= 0.6 is 0 Å². The summed E-state index contributed by atoms with van der Waals surface area (Å²) in [6.07, 6.45) is 1.92. The highest BCUT2D eigenvalue weighted by Gasteiger charge is 2.44. The minimum absolute atomic E-state index is 0.0841. The van der Waals surface area contributed by atoms with Crippen molar-refractivity contribution in [3.8, 4) is 11.4 Å². The normalized spacial score (nSPS) is 16.1. The fourth-order valence-electron chi connectivity index (χ4n) is 1.87. The topological polar surface area (TPSA) is 83.6 Å². The molecule has 1 saturated carbocycles. The Hall–Kier alpha value is -2.24. The average molecular weight is 257 g/mol. The maximum absolute atomic E-state index is 12.1. The van der Waals surface area contributed by atoms with Crippen LogP contribution in [-0.4, -0.2) is 26.5 Å². The molecular formula is C13H15N5O. The largest absolute Gasteiger partial charge is 0.325 e. The van der Waals surface area contributed by atoms with Gasteiger partial charge in [-0.1, -0.05) is 19.1 Å². The lowest BCUT2D eigenvalue weighted by Crippen LogP contribution is -2.21. The predicted octanol–water partition coefficient (Wildman–Crippen LogP) is 1.91. The van der Waals surface area contributed by atoms with Crippen molar-refractivity contribution in [1.82, 2.24) is 20.6 Å². The number of amides is 1. The molecule has 1 amide bonds. The molecule has 1 aliphatic carbocycles. The summed E-state index contributed by atoms with van der Waals surface area (Å²) >= 11 is 0. The Balaban J connectivity index is 1.88. The van der Waals surface area contributed by atoms with Gasteiger partial charge in [-0.3, -0.25) is 4.79 Å². The minimum atomic E-state index is -0.186. The average Bonchev–Trinajstić information content (AvgIpc) is 2.94. The van der Waals surface area contributed by atoms with E-state index >= 15 is 0 Å². The van der Waals surface area contributed by atoms with E-state index in [9.17, 15) is 4.79 Å². The van der Waals surface area contributed by atoms with Crippen molar-refractivity contribution in [2.45, 2.75) is 26.7 Å². The van der Waals surface area contributed by atoms with Crippen LogP contribution in [0.4, 0.5) is 5.69 Å². The molecule has 1 aliphatic rings. The van der Waals surface area contributed by atoms with E-state index in [1.54, 1.807) is 0 Å². The van der Waals surface area contributed by atoms with Crippen LogP contribution in [0, 0.1) is 12.3 Å². The van der Waals surface area contributed by atoms with Gasteiger partial charge < -0.3 is 5.32 Å². The van der Waals surface area contributed by atoms with E-state index in [-0.39, 0.29) is 11.3 Å². The highest BCUT2D eigenvalue weighted by Crippen LogP contribution is 2.45. The minimum Gasteiger partial charge on any atom is -0.325 e. The van der Waals surface area contributed by atoms with Gasteiger partial charge in [0.1, 0.15) is 0 Å². The predicted molar refractivity (Wildman–Crippen MR) is 70.3 cm³/mol. The Morgan fingerprint density at radius 1 is 1.42 bits per heavy atom. The van der Waals surface area contributed by atoms with E-state index in [1.165, 1.54) is 0 Å². The van der Waals surface area contributed by atoms with E-state index in [0.717, 1.165) is 29.7 Å². The number of nitrogens with one attached hydrogen (secondary N) is 2. The fourth-order valence-corrected chi connectivity index (χ4v) is 1.87. The maximum Gasteiger partial charge on any atom is 0.230 e. The number of anilines is 1. The maximum atomic E-state index is 12.1. The second kappa shape index (κ2) is 4.15. The molecule has 2 N–H and O–H groups in total. The summed E-state index contributed by atoms with van der Waals surface area (Å²) in [7, 11) is 0. The van der Waals surface area contributed by atoms with Gasteiger partial charge in [0.25, 0.3) is 0 Å². The third-order valence-electron chi connectivity index (χ3n) is 3.64. The number of benzene rings is 1. The summed E-state index contributed by atoms with van der Waals surface area (Å²) in [4.78, 5) is 12.1. The zero-order valence-electron chi connectivity index (χ0n) is 10.9. The van der Waals surface area contributed by atoms with Crippen LogP contribution < -0.4 is 5.32 Å². The Morgan fingerprint density at radius 3 is 2.84 bits per heavy atom. The zero-order valence-corrected chi connectivity index (χ0v) is 10.9. The van der Waals surface area contributed by atoms with Crippen LogP contribution in [-0.2, 0) is 4.79 Å². The Morgan fingerprint density at radius 2 is 2.21 bits per heavy atom. The number of hydrogen-bond donors (Lipinski definition) is 2. The van der Waals surface area contributed by atoms with E-state index in [0.29, 0.717) is 5.82 Å². The van der Waals surface area contributed by atoms with Gasteiger partial charge in [0, 0.05) is 16.7 Å². The van der Waals surface area contributed by atoms with Gasteiger partial charge in [-0.05, 0) is 36.6 Å². The smallest absolute Gasteiger partial charge is 0.230 e. The molecule has 0 radical (unpaired) electrons. The van der Waals surface area contributed by atoms with Crippen LogP contribution in [0.2, 0.25) is 0 Å². The van der Waals surface area contributed by atoms with Gasteiger partial charge in [0.05, 0.1) is 0 Å². The number of carbonyl (C=O) groups excluding carboxylic acids is 1. The van der Waals surface area contributed by atoms with Crippen molar-refractivity contribution in [2.24, 2.45) is 5.41 Å². The number of rotatable bonds is 3. The standard InChI is InChI=1S/C13H15N5O/c1-8-3-4-9(11-15-17-18-16-11)7-10(8)14-12(19)13(2)5-6-13/h3-4,7H,5-6H2,1-2H3,(H,14,19)(H,15,16,17,18). The Labute approximate surface area is 110 Å². The van der Waals surface area contributed by atoms with Crippen LogP contribution in [0.5, 0.6) is 0 Å². The molecule has 0 saturated heterocycles. The molecule has 0 bridgehead atoms. The number of aryl methyl sites for hydroxylation is 1. The van der Waals surface area contributed by atoms with E-state index in [2.05, 4.69) is 25.9 Å². The second-order valence-corrected chi connectivity index (χ2v) is 5.28. The van der Waals surface area contributed by atoms with Gasteiger partial charge in [-0.25, -0.2) is 0 Å². The summed E-state index contributed by atoms with van der Waals surface area (Å²) in [5.74, 6) is 0.606. The van der Waals surface area contributed by atoms with E-state index < -0.39 is 0 Å². The molecule has 1 aromatic carbocycles. The van der Waals surface area contributed by atoms with Crippen molar-refractivity contribution in [2.75, 3.05) is 5.32 Å². The molecule has 1 heterocycles. The zero-order chi connectivity index (χ0) is 13.5. The van der Waals surface area contributed by atoms with Crippen LogP contribution in [0.25, 0.3) is 11.4 Å². The number of tetrazole rings is 1. The summed E-state index contributed by atoms with van der Waals surface area (Å²) in [6.45, 7) is 3.95. The molecule has 6 nitrogen and oxygen atoms in total. The molecule has 2 aromatic rings. The van der Waals surface area contributed by atoms with Crippen molar-refractivity contribution >= 4 is 11.6 Å². The number of carbonyl (C=O) groups is 1. The molecule has 19 heavy (non-hydrogen) atoms. The second-order valence-electron chi connectivity index (χ2n) is 5.28.